The van der Waals surface area contributed by atoms with Crippen LogP contribution in [-0.4, -0.2) is 50.8 Å². The first-order valence-electron chi connectivity index (χ1n) is 10.5. The molecule has 1 N–H and O–H groups in total. The van der Waals surface area contributed by atoms with Gasteiger partial charge in [0.1, 0.15) is 15.8 Å². The Morgan fingerprint density at radius 1 is 1.32 bits per heavy atom. The second-order valence-electron chi connectivity index (χ2n) is 7.87. The number of nitrogens with one attached hydrogen (secondary N) is 1. The van der Waals surface area contributed by atoms with Crippen molar-refractivity contribution in [3.05, 3.63) is 44.7 Å². The summed E-state index contributed by atoms with van der Waals surface area (Å²) < 4.78 is 7.09. The van der Waals surface area contributed by atoms with Crippen LogP contribution in [0.3, 0.4) is 0 Å². The molecule has 7 nitrogen and oxygen atoms in total. The van der Waals surface area contributed by atoms with Crippen molar-refractivity contribution in [2.45, 2.75) is 45.1 Å². The molecule has 1 saturated carbocycles. The number of thioether (sulfide) groups is 1. The van der Waals surface area contributed by atoms with E-state index in [0.717, 1.165) is 31.2 Å². The summed E-state index contributed by atoms with van der Waals surface area (Å²) in [6.45, 7) is 2.72. The number of fused-ring (bicyclic) bond motifs is 1. The Kier molecular flexibility index (Phi) is 6.74. The minimum Gasteiger partial charge on any atom is -0.383 e. The van der Waals surface area contributed by atoms with Crippen molar-refractivity contribution in [1.82, 2.24) is 14.3 Å². The smallest absolute Gasteiger partial charge is 0.267 e. The summed E-state index contributed by atoms with van der Waals surface area (Å²) >= 11 is 6.58. The molecule has 31 heavy (non-hydrogen) atoms. The Bertz CT molecular complexity index is 1110. The molecule has 0 spiro atoms. The topological polar surface area (TPSA) is 75.9 Å². The fourth-order valence-electron chi connectivity index (χ4n) is 4.00. The lowest BCUT2D eigenvalue weighted by Gasteiger charge is -2.24. The lowest BCUT2D eigenvalue weighted by atomic mass is 9.95. The first-order chi connectivity index (χ1) is 15.0. The fourth-order valence-corrected chi connectivity index (χ4v) is 5.29. The highest BCUT2D eigenvalue weighted by Crippen LogP contribution is 2.33. The second kappa shape index (κ2) is 9.50. The van der Waals surface area contributed by atoms with Crippen LogP contribution in [0.2, 0.25) is 0 Å². The van der Waals surface area contributed by atoms with Gasteiger partial charge >= 0.3 is 0 Å². The first kappa shape index (κ1) is 22.0. The number of anilines is 1. The molecule has 164 valence electrons. The van der Waals surface area contributed by atoms with Crippen LogP contribution in [0.4, 0.5) is 5.82 Å². The molecule has 3 heterocycles. The highest BCUT2D eigenvalue weighted by atomic mass is 32.2. The zero-order valence-corrected chi connectivity index (χ0v) is 19.4. The molecule has 2 aromatic rings. The van der Waals surface area contributed by atoms with Crippen LogP contribution in [0.15, 0.2) is 28.0 Å². The standard InChI is InChI=1S/C22H26N4O3S2/c1-14-7-6-10-25-19(14)24-18(23-15-8-4-3-5-9-15)16(20(25)27)13-17-21(28)26(11-12-29-2)22(30)31-17/h6-7,10,13,15,23H,3-5,8-9,11-12H2,1-2H3/b17-13+. The molecule has 1 aliphatic carbocycles. The Balaban J connectivity index is 1.78. The van der Waals surface area contributed by atoms with Crippen LogP contribution in [0.25, 0.3) is 11.7 Å². The van der Waals surface area contributed by atoms with Gasteiger partial charge in [0.05, 0.1) is 23.6 Å². The highest BCUT2D eigenvalue weighted by molar-refractivity contribution is 8.26. The van der Waals surface area contributed by atoms with E-state index in [9.17, 15) is 9.59 Å². The van der Waals surface area contributed by atoms with Crippen LogP contribution in [-0.2, 0) is 9.53 Å². The molecule has 2 aliphatic rings. The number of aromatic nitrogens is 2. The van der Waals surface area contributed by atoms with Gasteiger partial charge in [-0.1, -0.05) is 49.3 Å². The van der Waals surface area contributed by atoms with Gasteiger partial charge in [0.2, 0.25) is 0 Å². The number of pyridine rings is 1. The van der Waals surface area contributed by atoms with Gasteiger partial charge in [0.25, 0.3) is 11.5 Å². The van der Waals surface area contributed by atoms with E-state index in [1.54, 1.807) is 23.8 Å². The van der Waals surface area contributed by atoms with E-state index >= 15 is 0 Å². The zero-order valence-electron chi connectivity index (χ0n) is 17.7. The number of hydrogen-bond acceptors (Lipinski definition) is 7. The van der Waals surface area contributed by atoms with Crippen LogP contribution in [0, 0.1) is 6.92 Å². The molecule has 9 heteroatoms. The molecule has 1 aliphatic heterocycles. The predicted molar refractivity (Wildman–Crippen MR) is 128 cm³/mol. The van der Waals surface area contributed by atoms with Crippen molar-refractivity contribution in [3.63, 3.8) is 0 Å². The van der Waals surface area contributed by atoms with Gasteiger partial charge in [-0.25, -0.2) is 4.98 Å². The number of methoxy groups -OCH3 is 1. The average Bonchev–Trinajstić information content (AvgIpc) is 3.03. The van der Waals surface area contributed by atoms with E-state index in [1.165, 1.54) is 23.1 Å². The van der Waals surface area contributed by atoms with Crippen molar-refractivity contribution >= 4 is 51.7 Å². The second-order valence-corrected chi connectivity index (χ2v) is 9.55. The van der Waals surface area contributed by atoms with Crippen molar-refractivity contribution in [2.75, 3.05) is 25.6 Å². The lowest BCUT2D eigenvalue weighted by Crippen LogP contribution is -2.31. The Morgan fingerprint density at radius 3 is 2.84 bits per heavy atom. The summed E-state index contributed by atoms with van der Waals surface area (Å²) in [5.74, 6) is 0.331. The maximum Gasteiger partial charge on any atom is 0.267 e. The molecule has 1 amide bonds. The molecule has 0 bridgehead atoms. The number of carbonyl (C=O) groups excluding carboxylic acids is 1. The van der Waals surface area contributed by atoms with Crippen LogP contribution < -0.4 is 10.9 Å². The summed E-state index contributed by atoms with van der Waals surface area (Å²) in [5, 5.41) is 3.50. The molecule has 0 unspecified atom stereocenters. The minimum atomic E-state index is -0.204. The van der Waals surface area contributed by atoms with E-state index in [0.29, 0.717) is 39.4 Å². The Labute approximate surface area is 190 Å². The fraction of sp³-hybridized carbons (Fsp3) is 0.455. The SMILES string of the molecule is COCCN1C(=O)/C(=C\c2c(NC3CCCCC3)nc3c(C)cccn3c2=O)SC1=S. The number of hydrogen-bond donors (Lipinski definition) is 1. The normalized spacial score (nSPS) is 19.0. The highest BCUT2D eigenvalue weighted by Gasteiger charge is 2.32. The summed E-state index contributed by atoms with van der Waals surface area (Å²) in [6.07, 6.45) is 9.01. The van der Waals surface area contributed by atoms with Crippen LogP contribution >= 0.6 is 24.0 Å². The van der Waals surface area contributed by atoms with Crippen LogP contribution in [0.5, 0.6) is 0 Å². The summed E-state index contributed by atoms with van der Waals surface area (Å²) in [5.41, 5.74) is 1.73. The van der Waals surface area contributed by atoms with Gasteiger partial charge in [-0.2, -0.15) is 0 Å². The van der Waals surface area contributed by atoms with Crippen LogP contribution in [0.1, 0.15) is 43.2 Å². The quantitative estimate of drug-likeness (QED) is 0.524. The van der Waals surface area contributed by atoms with Gasteiger partial charge in [-0.05, 0) is 37.5 Å². The molecule has 0 aromatic carbocycles. The van der Waals surface area contributed by atoms with E-state index in [2.05, 4.69) is 5.32 Å². The molecule has 1 saturated heterocycles. The average molecular weight is 459 g/mol. The lowest BCUT2D eigenvalue weighted by molar-refractivity contribution is -0.122. The Morgan fingerprint density at radius 2 is 2.10 bits per heavy atom. The molecule has 0 radical (unpaired) electrons. The minimum absolute atomic E-state index is 0.200. The monoisotopic (exact) mass is 458 g/mol. The van der Waals surface area contributed by atoms with E-state index in [-0.39, 0.29) is 17.5 Å². The van der Waals surface area contributed by atoms with Gasteiger partial charge in [0, 0.05) is 19.3 Å². The predicted octanol–water partition coefficient (Wildman–Crippen LogP) is 3.60. The van der Waals surface area contributed by atoms with Crippen molar-refractivity contribution in [1.29, 1.82) is 0 Å². The maximum absolute atomic E-state index is 13.4. The van der Waals surface area contributed by atoms with Gasteiger partial charge in [-0.15, -0.1) is 0 Å². The summed E-state index contributed by atoms with van der Waals surface area (Å²) in [4.78, 5) is 33.1. The molecule has 4 rings (SSSR count). The van der Waals surface area contributed by atoms with Gasteiger partial charge < -0.3 is 10.1 Å². The number of rotatable bonds is 6. The zero-order chi connectivity index (χ0) is 22.0. The van der Waals surface area contributed by atoms with Crippen molar-refractivity contribution in [3.8, 4) is 0 Å². The largest absolute Gasteiger partial charge is 0.383 e. The van der Waals surface area contributed by atoms with Crippen molar-refractivity contribution in [2.24, 2.45) is 0 Å². The molecule has 0 atom stereocenters. The first-order valence-corrected chi connectivity index (χ1v) is 11.7. The number of ether oxygens (including phenoxy) is 1. The molecule has 2 fully saturated rings. The number of carbonyl (C=O) groups is 1. The third-order valence-electron chi connectivity index (χ3n) is 5.70. The number of nitrogens with zero attached hydrogens (tertiary/aromatic N) is 3. The van der Waals surface area contributed by atoms with Crippen molar-refractivity contribution < 1.29 is 9.53 Å². The molecule has 2 aromatic heterocycles. The van der Waals surface area contributed by atoms with Gasteiger partial charge in [-0.3, -0.25) is 18.9 Å². The summed E-state index contributed by atoms with van der Waals surface area (Å²) in [7, 11) is 1.58. The Hall–Kier alpha value is -2.23. The van der Waals surface area contributed by atoms with E-state index in [4.69, 9.17) is 21.9 Å². The maximum atomic E-state index is 13.4. The van der Waals surface area contributed by atoms with E-state index < -0.39 is 0 Å². The number of aryl methyl sites for hydroxylation is 1. The van der Waals surface area contributed by atoms with E-state index in [1.807, 2.05) is 19.1 Å². The number of amides is 1. The number of thiocarbonyl (C=S) groups is 1. The third-order valence-corrected chi connectivity index (χ3v) is 7.08. The molecular formula is C22H26N4O3S2. The third kappa shape index (κ3) is 4.53. The summed E-state index contributed by atoms with van der Waals surface area (Å²) in [6, 6.07) is 4.04. The molecular weight excluding hydrogens is 432 g/mol. The van der Waals surface area contributed by atoms with Gasteiger partial charge in [0.15, 0.2) is 0 Å².